The predicted octanol–water partition coefficient (Wildman–Crippen LogP) is 5.15. The molecule has 0 saturated heterocycles. The van der Waals surface area contributed by atoms with Crippen LogP contribution >= 0.6 is 47.0 Å². The second-order valence-corrected chi connectivity index (χ2v) is 8.78. The molecule has 1 aromatic rings. The third kappa shape index (κ3) is 9.70. The largest absolute Gasteiger partial charge is 0.495 e. The molecule has 0 heterocycles. The number of methoxy groups -OCH3 is 1. The van der Waals surface area contributed by atoms with E-state index in [2.05, 4.69) is 22.9 Å². The van der Waals surface area contributed by atoms with Gasteiger partial charge in [-0.1, -0.05) is 79.5 Å². The third-order valence-electron chi connectivity index (χ3n) is 3.77. The number of anilines is 1. The average molecular weight is 455 g/mol. The van der Waals surface area contributed by atoms with Crippen LogP contribution in [-0.2, 0) is 4.79 Å². The van der Waals surface area contributed by atoms with E-state index < -0.39 is 9.96 Å². The number of rotatable bonds is 10. The number of para-hydroxylation sites is 2. The van der Waals surface area contributed by atoms with Crippen LogP contribution in [0.4, 0.5) is 5.69 Å². The molecule has 3 N–H and O–H groups in total. The molecule has 152 valence electrons. The van der Waals surface area contributed by atoms with Crippen molar-refractivity contribution in [2.45, 2.75) is 55.4 Å². The number of carbonyl (C=O) groups excluding carboxylic acids is 1. The van der Waals surface area contributed by atoms with Crippen LogP contribution < -0.4 is 20.7 Å². The zero-order chi connectivity index (χ0) is 20.3. The molecule has 0 spiro atoms. The summed E-state index contributed by atoms with van der Waals surface area (Å²) in [6.07, 6.45) is 4.63. The molecule has 0 bridgehead atoms. The highest BCUT2D eigenvalue weighted by Crippen LogP contribution is 2.29. The summed E-state index contributed by atoms with van der Waals surface area (Å²) in [5.41, 5.74) is 0.655. The zero-order valence-corrected chi connectivity index (χ0v) is 18.6. The number of ether oxygens (including phenoxy) is 1. The Bertz CT molecular complexity index is 612. The third-order valence-corrected chi connectivity index (χ3v) is 4.65. The molecule has 0 saturated carbocycles. The van der Waals surface area contributed by atoms with E-state index in [1.54, 1.807) is 19.2 Å². The number of hydrogen-bond donors (Lipinski definition) is 3. The summed E-state index contributed by atoms with van der Waals surface area (Å²) in [5.74, 6) is 0.415. The van der Waals surface area contributed by atoms with E-state index >= 15 is 0 Å². The van der Waals surface area contributed by atoms with Gasteiger partial charge in [0.1, 0.15) is 11.9 Å². The molecular weight excluding hydrogens is 429 g/mol. The second-order valence-electron chi connectivity index (χ2n) is 6.01. The zero-order valence-electron chi connectivity index (χ0n) is 15.5. The maximum Gasteiger partial charge on any atom is 0.228 e. The van der Waals surface area contributed by atoms with Gasteiger partial charge in [-0.05, 0) is 30.8 Å². The maximum atomic E-state index is 12.2. The average Bonchev–Trinajstić information content (AvgIpc) is 2.60. The van der Waals surface area contributed by atoms with Crippen LogP contribution in [0.3, 0.4) is 0 Å². The molecular formula is C18H26Cl3N3O2S. The fraction of sp³-hybridized carbons (Fsp3) is 0.556. The van der Waals surface area contributed by atoms with Crippen molar-refractivity contribution in [3.63, 3.8) is 0 Å². The number of halogens is 3. The van der Waals surface area contributed by atoms with Crippen LogP contribution in [0.1, 0.15) is 45.4 Å². The molecule has 0 unspecified atom stereocenters. The SMILES string of the molecule is CCCCCCCC(=O)N[C@@H](NC(=S)Nc1ccccc1OC)C(Cl)(Cl)Cl. The number of carbonyl (C=O) groups is 1. The van der Waals surface area contributed by atoms with E-state index in [1.165, 1.54) is 6.42 Å². The maximum absolute atomic E-state index is 12.2. The van der Waals surface area contributed by atoms with Gasteiger partial charge in [-0.15, -0.1) is 0 Å². The van der Waals surface area contributed by atoms with Crippen LogP contribution in [0, 0.1) is 0 Å². The molecule has 1 rings (SSSR count). The highest BCUT2D eigenvalue weighted by molar-refractivity contribution is 7.80. The fourth-order valence-corrected chi connectivity index (χ4v) is 2.91. The first-order valence-electron chi connectivity index (χ1n) is 8.84. The first kappa shape index (κ1) is 24.1. The van der Waals surface area contributed by atoms with Crippen molar-refractivity contribution >= 4 is 63.7 Å². The summed E-state index contributed by atoms with van der Waals surface area (Å²) in [6.45, 7) is 2.14. The number of hydrogen-bond acceptors (Lipinski definition) is 3. The van der Waals surface area contributed by atoms with Crippen molar-refractivity contribution in [2.75, 3.05) is 12.4 Å². The van der Waals surface area contributed by atoms with E-state index in [-0.39, 0.29) is 11.0 Å². The number of amides is 1. The molecule has 0 fully saturated rings. The summed E-state index contributed by atoms with van der Waals surface area (Å²) < 4.78 is 3.48. The Hall–Kier alpha value is -0.950. The van der Waals surface area contributed by atoms with Gasteiger partial charge in [0.2, 0.25) is 9.70 Å². The quantitative estimate of drug-likeness (QED) is 0.197. The molecule has 0 radical (unpaired) electrons. The Kier molecular flexibility index (Phi) is 11.1. The van der Waals surface area contributed by atoms with E-state index in [4.69, 9.17) is 51.8 Å². The van der Waals surface area contributed by atoms with E-state index in [1.807, 2.05) is 12.1 Å². The lowest BCUT2D eigenvalue weighted by molar-refractivity contribution is -0.122. The molecule has 0 aliphatic carbocycles. The smallest absolute Gasteiger partial charge is 0.228 e. The minimum Gasteiger partial charge on any atom is -0.495 e. The highest BCUT2D eigenvalue weighted by Gasteiger charge is 2.34. The van der Waals surface area contributed by atoms with Gasteiger partial charge in [-0.2, -0.15) is 0 Å². The van der Waals surface area contributed by atoms with Crippen LogP contribution in [0.25, 0.3) is 0 Å². The number of benzene rings is 1. The van der Waals surface area contributed by atoms with Crippen molar-refractivity contribution in [1.82, 2.24) is 10.6 Å². The summed E-state index contributed by atoms with van der Waals surface area (Å²) in [5, 5.41) is 8.69. The van der Waals surface area contributed by atoms with Crippen molar-refractivity contribution in [3.05, 3.63) is 24.3 Å². The number of nitrogens with one attached hydrogen (secondary N) is 3. The molecule has 0 aliphatic rings. The minimum atomic E-state index is -1.77. The Balaban J connectivity index is 2.59. The highest BCUT2D eigenvalue weighted by atomic mass is 35.6. The Morgan fingerprint density at radius 1 is 1.15 bits per heavy atom. The molecule has 1 aromatic carbocycles. The van der Waals surface area contributed by atoms with Gasteiger partial charge in [-0.25, -0.2) is 0 Å². The first-order valence-corrected chi connectivity index (χ1v) is 10.4. The second kappa shape index (κ2) is 12.5. The monoisotopic (exact) mass is 453 g/mol. The van der Waals surface area contributed by atoms with Gasteiger partial charge in [0.15, 0.2) is 5.11 Å². The topological polar surface area (TPSA) is 62.4 Å². The summed E-state index contributed by atoms with van der Waals surface area (Å²) in [6, 6.07) is 7.26. The summed E-state index contributed by atoms with van der Waals surface area (Å²) >= 11 is 23.3. The Labute approximate surface area is 181 Å². The van der Waals surface area contributed by atoms with Gasteiger partial charge in [0.05, 0.1) is 12.8 Å². The molecule has 0 aromatic heterocycles. The van der Waals surface area contributed by atoms with Crippen LogP contribution in [-0.4, -0.2) is 28.1 Å². The van der Waals surface area contributed by atoms with E-state index in [9.17, 15) is 4.79 Å². The summed E-state index contributed by atoms with van der Waals surface area (Å²) in [4.78, 5) is 12.2. The van der Waals surface area contributed by atoms with Crippen molar-refractivity contribution in [3.8, 4) is 5.75 Å². The molecule has 27 heavy (non-hydrogen) atoms. The van der Waals surface area contributed by atoms with Crippen molar-refractivity contribution in [2.24, 2.45) is 0 Å². The predicted molar refractivity (Wildman–Crippen MR) is 118 cm³/mol. The molecule has 5 nitrogen and oxygen atoms in total. The van der Waals surface area contributed by atoms with Gasteiger partial charge in [0.25, 0.3) is 0 Å². The standard InChI is InChI=1S/C18H26Cl3N3O2S/c1-3-4-5-6-7-12-15(25)23-16(18(19,20)21)24-17(27)22-13-10-8-9-11-14(13)26-2/h8-11,16H,3-7,12H2,1-2H3,(H,23,25)(H2,22,24,27)/t16-/m0/s1. The lowest BCUT2D eigenvalue weighted by atomic mass is 10.1. The molecule has 1 amide bonds. The lowest BCUT2D eigenvalue weighted by Gasteiger charge is -2.28. The Morgan fingerprint density at radius 2 is 1.81 bits per heavy atom. The van der Waals surface area contributed by atoms with E-state index in [0.717, 1.165) is 25.7 Å². The van der Waals surface area contributed by atoms with Crippen LogP contribution in [0.2, 0.25) is 0 Å². The lowest BCUT2D eigenvalue weighted by Crippen LogP contribution is -2.56. The molecule has 9 heteroatoms. The first-order chi connectivity index (χ1) is 12.8. The summed E-state index contributed by atoms with van der Waals surface area (Å²) in [7, 11) is 1.56. The van der Waals surface area contributed by atoms with Crippen molar-refractivity contribution < 1.29 is 9.53 Å². The van der Waals surface area contributed by atoms with Crippen LogP contribution in [0.5, 0.6) is 5.75 Å². The van der Waals surface area contributed by atoms with Crippen LogP contribution in [0.15, 0.2) is 24.3 Å². The van der Waals surface area contributed by atoms with Gasteiger partial charge < -0.3 is 20.7 Å². The molecule has 1 atom stereocenters. The number of alkyl halides is 3. The van der Waals surface area contributed by atoms with Gasteiger partial charge in [-0.3, -0.25) is 4.79 Å². The normalized spacial score (nSPS) is 12.2. The van der Waals surface area contributed by atoms with E-state index in [0.29, 0.717) is 17.9 Å². The van der Waals surface area contributed by atoms with Crippen molar-refractivity contribution in [1.29, 1.82) is 0 Å². The number of unbranched alkanes of at least 4 members (excludes halogenated alkanes) is 4. The Morgan fingerprint density at radius 3 is 2.44 bits per heavy atom. The van der Waals surface area contributed by atoms with Gasteiger partial charge in [0, 0.05) is 6.42 Å². The molecule has 0 aliphatic heterocycles. The van der Waals surface area contributed by atoms with Gasteiger partial charge >= 0.3 is 0 Å². The number of thiocarbonyl (C=S) groups is 1. The fourth-order valence-electron chi connectivity index (χ4n) is 2.36. The minimum absolute atomic E-state index is 0.194.